The van der Waals surface area contributed by atoms with Crippen LogP contribution in [0.4, 0.5) is 0 Å². The summed E-state index contributed by atoms with van der Waals surface area (Å²) in [5.41, 5.74) is 1.82. The minimum absolute atomic E-state index is 0.0790. The van der Waals surface area contributed by atoms with E-state index in [2.05, 4.69) is 36.8 Å². The van der Waals surface area contributed by atoms with Gasteiger partial charge in [0.25, 0.3) is 5.91 Å². The molecule has 1 aliphatic rings. The number of H-pyrrole nitrogens is 1. The maximum Gasteiger partial charge on any atom is 0.255 e. The number of hydrogen-bond donors (Lipinski definition) is 1. The van der Waals surface area contributed by atoms with Crippen molar-refractivity contribution >= 4 is 37.8 Å². The molecule has 1 saturated heterocycles. The summed E-state index contributed by atoms with van der Waals surface area (Å²) >= 11 is 6.90. The third-order valence-electron chi connectivity index (χ3n) is 3.65. The Labute approximate surface area is 134 Å². The molecule has 3 nitrogen and oxygen atoms in total. The Kier molecular flexibility index (Phi) is 3.98. The molecular weight excluding hydrogens is 384 g/mol. The quantitative estimate of drug-likeness (QED) is 0.794. The summed E-state index contributed by atoms with van der Waals surface area (Å²) in [6.45, 7) is 0.807. The summed E-state index contributed by atoms with van der Waals surface area (Å²) < 4.78 is 1.75. The fourth-order valence-electron chi connectivity index (χ4n) is 2.70. The van der Waals surface area contributed by atoms with Gasteiger partial charge in [0.2, 0.25) is 0 Å². The Morgan fingerprint density at radius 2 is 2.15 bits per heavy atom. The van der Waals surface area contributed by atoms with Gasteiger partial charge in [0.05, 0.1) is 11.6 Å². The highest BCUT2D eigenvalue weighted by molar-refractivity contribution is 9.11. The Hall–Kier alpha value is -1.07. The van der Waals surface area contributed by atoms with Crippen molar-refractivity contribution in [2.75, 3.05) is 6.54 Å². The third kappa shape index (κ3) is 2.56. The molecule has 0 saturated carbocycles. The van der Waals surface area contributed by atoms with Crippen LogP contribution in [-0.2, 0) is 0 Å². The van der Waals surface area contributed by atoms with Gasteiger partial charge in [-0.15, -0.1) is 0 Å². The van der Waals surface area contributed by atoms with Crippen molar-refractivity contribution in [2.45, 2.75) is 18.9 Å². The Morgan fingerprint density at radius 3 is 2.90 bits per heavy atom. The number of hydrogen-bond acceptors (Lipinski definition) is 1. The summed E-state index contributed by atoms with van der Waals surface area (Å²) in [5.74, 6) is 0.0790. The fourth-order valence-corrected chi connectivity index (χ4v) is 3.48. The van der Waals surface area contributed by atoms with E-state index in [0.29, 0.717) is 5.56 Å². The van der Waals surface area contributed by atoms with Gasteiger partial charge >= 0.3 is 0 Å². The average molecular weight is 398 g/mol. The van der Waals surface area contributed by atoms with Crippen molar-refractivity contribution in [3.05, 3.63) is 56.7 Å². The lowest BCUT2D eigenvalue weighted by molar-refractivity contribution is 0.0732. The summed E-state index contributed by atoms with van der Waals surface area (Å²) in [6, 6.07) is 9.88. The van der Waals surface area contributed by atoms with E-state index in [-0.39, 0.29) is 11.9 Å². The number of aromatic amines is 1. The largest absolute Gasteiger partial charge is 0.363 e. The zero-order valence-electron chi connectivity index (χ0n) is 10.8. The highest BCUT2D eigenvalue weighted by Gasteiger charge is 2.31. The molecular formula is C15H14Br2N2O. The molecule has 0 aliphatic carbocycles. The van der Waals surface area contributed by atoms with E-state index in [4.69, 9.17) is 0 Å². The first-order valence-corrected chi connectivity index (χ1v) is 8.15. The van der Waals surface area contributed by atoms with Crippen LogP contribution >= 0.6 is 31.9 Å². The molecule has 2 aromatic rings. The Balaban J connectivity index is 1.91. The number of nitrogens with zero attached hydrogens (tertiary/aromatic N) is 1. The molecule has 1 unspecified atom stereocenters. The number of carbonyl (C=O) groups is 1. The minimum Gasteiger partial charge on any atom is -0.363 e. The highest BCUT2D eigenvalue weighted by Crippen LogP contribution is 2.33. The number of likely N-dealkylation sites (tertiary alicyclic amines) is 1. The average Bonchev–Trinajstić information content (AvgIpc) is 3.10. The van der Waals surface area contributed by atoms with E-state index in [0.717, 1.165) is 34.0 Å². The van der Waals surface area contributed by atoms with Gasteiger partial charge in [0.15, 0.2) is 0 Å². The number of rotatable bonds is 2. The third-order valence-corrected chi connectivity index (χ3v) is 4.84. The number of nitrogens with one attached hydrogen (secondary N) is 1. The Bertz CT molecular complexity index is 625. The fraction of sp³-hybridized carbons (Fsp3) is 0.267. The van der Waals surface area contributed by atoms with Gasteiger partial charge in [-0.3, -0.25) is 4.79 Å². The van der Waals surface area contributed by atoms with Crippen LogP contribution in [0, 0.1) is 0 Å². The molecule has 0 spiro atoms. The second kappa shape index (κ2) is 5.74. The molecule has 1 amide bonds. The molecule has 0 bridgehead atoms. The first-order chi connectivity index (χ1) is 9.66. The van der Waals surface area contributed by atoms with Crippen molar-refractivity contribution in [1.29, 1.82) is 0 Å². The van der Waals surface area contributed by atoms with Crippen LogP contribution in [0.2, 0.25) is 0 Å². The van der Waals surface area contributed by atoms with Crippen molar-refractivity contribution in [3.63, 3.8) is 0 Å². The van der Waals surface area contributed by atoms with Crippen molar-refractivity contribution < 1.29 is 4.79 Å². The van der Waals surface area contributed by atoms with Gasteiger partial charge in [-0.2, -0.15) is 0 Å². The summed E-state index contributed by atoms with van der Waals surface area (Å²) in [6.07, 6.45) is 3.96. The molecule has 2 heterocycles. The maximum absolute atomic E-state index is 12.8. The SMILES string of the molecule is O=C(c1cc(Br)ccc1Br)N1CCCC1c1ccc[nH]1. The van der Waals surface area contributed by atoms with Crippen molar-refractivity contribution in [1.82, 2.24) is 9.88 Å². The molecule has 20 heavy (non-hydrogen) atoms. The zero-order chi connectivity index (χ0) is 14.1. The second-order valence-corrected chi connectivity index (χ2v) is 6.68. The number of aromatic nitrogens is 1. The molecule has 1 aromatic carbocycles. The monoisotopic (exact) mass is 396 g/mol. The molecule has 3 rings (SSSR count). The topological polar surface area (TPSA) is 36.1 Å². The molecule has 5 heteroatoms. The predicted molar refractivity (Wildman–Crippen MR) is 85.6 cm³/mol. The number of benzene rings is 1. The predicted octanol–water partition coefficient (Wildman–Crippen LogP) is 4.52. The minimum atomic E-state index is 0.0790. The molecule has 0 radical (unpaired) electrons. The number of carbonyl (C=O) groups excluding carboxylic acids is 1. The van der Waals surface area contributed by atoms with Gasteiger partial charge in [-0.1, -0.05) is 15.9 Å². The molecule has 1 aliphatic heterocycles. The standard InChI is InChI=1S/C15H14Br2N2O/c16-10-5-6-12(17)11(9-10)15(20)19-8-2-4-14(19)13-3-1-7-18-13/h1,3,5-7,9,14,18H,2,4,8H2. The van der Waals surface area contributed by atoms with E-state index in [1.807, 2.05) is 41.4 Å². The van der Waals surface area contributed by atoms with Crippen LogP contribution in [0.1, 0.15) is 34.9 Å². The number of halogens is 2. The maximum atomic E-state index is 12.8. The molecule has 1 N–H and O–H groups in total. The highest BCUT2D eigenvalue weighted by atomic mass is 79.9. The molecule has 1 aromatic heterocycles. The normalized spacial score (nSPS) is 18.5. The number of amides is 1. The van der Waals surface area contributed by atoms with E-state index >= 15 is 0 Å². The van der Waals surface area contributed by atoms with E-state index in [1.54, 1.807) is 0 Å². The van der Waals surface area contributed by atoms with Crippen molar-refractivity contribution in [2.24, 2.45) is 0 Å². The Morgan fingerprint density at radius 1 is 1.30 bits per heavy atom. The van der Waals surface area contributed by atoms with E-state index < -0.39 is 0 Å². The van der Waals surface area contributed by atoms with Crippen LogP contribution in [0.25, 0.3) is 0 Å². The lowest BCUT2D eigenvalue weighted by Crippen LogP contribution is -2.31. The van der Waals surface area contributed by atoms with Crippen LogP contribution in [-0.4, -0.2) is 22.3 Å². The summed E-state index contributed by atoms with van der Waals surface area (Å²) in [5, 5.41) is 0. The summed E-state index contributed by atoms with van der Waals surface area (Å²) in [7, 11) is 0. The molecule has 1 atom stereocenters. The van der Waals surface area contributed by atoms with Crippen LogP contribution < -0.4 is 0 Å². The van der Waals surface area contributed by atoms with Crippen LogP contribution in [0.5, 0.6) is 0 Å². The van der Waals surface area contributed by atoms with Crippen molar-refractivity contribution in [3.8, 4) is 0 Å². The van der Waals surface area contributed by atoms with Gasteiger partial charge < -0.3 is 9.88 Å². The van der Waals surface area contributed by atoms with Gasteiger partial charge in [-0.25, -0.2) is 0 Å². The lowest BCUT2D eigenvalue weighted by Gasteiger charge is -2.24. The molecule has 1 fully saturated rings. The van der Waals surface area contributed by atoms with Crippen LogP contribution in [0.3, 0.4) is 0 Å². The van der Waals surface area contributed by atoms with E-state index in [1.165, 1.54) is 0 Å². The van der Waals surface area contributed by atoms with Gasteiger partial charge in [0.1, 0.15) is 0 Å². The smallest absolute Gasteiger partial charge is 0.255 e. The first-order valence-electron chi connectivity index (χ1n) is 6.56. The summed E-state index contributed by atoms with van der Waals surface area (Å²) in [4.78, 5) is 18.0. The lowest BCUT2D eigenvalue weighted by atomic mass is 10.1. The first kappa shape index (κ1) is 13.9. The van der Waals surface area contributed by atoms with Gasteiger partial charge in [-0.05, 0) is 59.1 Å². The van der Waals surface area contributed by atoms with E-state index in [9.17, 15) is 4.79 Å². The second-order valence-electron chi connectivity index (χ2n) is 4.91. The van der Waals surface area contributed by atoms with Crippen LogP contribution in [0.15, 0.2) is 45.5 Å². The molecule has 104 valence electrons. The van der Waals surface area contributed by atoms with Gasteiger partial charge in [0, 0.05) is 27.4 Å². The zero-order valence-corrected chi connectivity index (χ0v) is 13.9.